The molecule has 0 heterocycles. The number of carbonyl (C=O) groups is 2. The number of rotatable bonds is 62. The fourth-order valence-electron chi connectivity index (χ4n) is 10.5. The molecule has 0 aliphatic heterocycles. The number of unbranched alkanes of at least 4 members (excludes halogenated alkanes) is 47. The Morgan fingerprint density at radius 3 is 1.04 bits per heavy atom. The van der Waals surface area contributed by atoms with Crippen molar-refractivity contribution in [3.8, 4) is 0 Å². The number of nitrogens with one attached hydrogen (secondary N) is 1. The fourth-order valence-corrected chi connectivity index (χ4v) is 10.5. The molecule has 0 aromatic carbocycles. The lowest BCUT2D eigenvalue weighted by atomic mass is 10.0. The Balaban J connectivity index is 3.42. The molecule has 0 bridgehead atoms. The van der Waals surface area contributed by atoms with Crippen LogP contribution in [0.15, 0.2) is 24.3 Å². The Hall–Kier alpha value is -1.66. The van der Waals surface area contributed by atoms with Gasteiger partial charge in [-0.15, -0.1) is 0 Å². The summed E-state index contributed by atoms with van der Waals surface area (Å²) in [6, 6.07) is -0.545. The first kappa shape index (κ1) is 71.3. The van der Waals surface area contributed by atoms with Gasteiger partial charge in [0.25, 0.3) is 0 Å². The van der Waals surface area contributed by atoms with Crippen molar-refractivity contribution >= 4 is 11.9 Å². The molecule has 0 spiro atoms. The molecular weight excluding hydrogens is 899 g/mol. The van der Waals surface area contributed by atoms with Crippen LogP contribution in [0, 0.1) is 0 Å². The summed E-state index contributed by atoms with van der Waals surface area (Å²) in [7, 11) is 0. The second kappa shape index (κ2) is 62.9. The maximum absolute atomic E-state index is 12.5. The van der Waals surface area contributed by atoms with Gasteiger partial charge >= 0.3 is 5.97 Å². The van der Waals surface area contributed by atoms with Crippen LogP contribution in [0.5, 0.6) is 0 Å². The van der Waals surface area contributed by atoms with Gasteiger partial charge in [-0.25, -0.2) is 0 Å². The normalized spacial score (nSPS) is 12.7. The smallest absolute Gasteiger partial charge is 0.305 e. The molecule has 73 heavy (non-hydrogen) atoms. The molecule has 432 valence electrons. The molecule has 0 aliphatic carbocycles. The molecule has 0 saturated carbocycles. The third-order valence-electron chi connectivity index (χ3n) is 15.5. The quantitative estimate of drug-likeness (QED) is 0.0320. The Kier molecular flexibility index (Phi) is 61.4. The van der Waals surface area contributed by atoms with Crippen LogP contribution in [-0.4, -0.2) is 47.4 Å². The molecule has 0 aromatic heterocycles. The summed E-state index contributed by atoms with van der Waals surface area (Å²) in [6.45, 7) is 4.88. The second-order valence-electron chi connectivity index (χ2n) is 22.8. The number of aliphatic hydroxyl groups excluding tert-OH is 2. The highest BCUT2D eigenvalue weighted by molar-refractivity contribution is 5.76. The highest BCUT2D eigenvalue weighted by atomic mass is 16.5. The van der Waals surface area contributed by atoms with Crippen molar-refractivity contribution < 1.29 is 24.5 Å². The summed E-state index contributed by atoms with van der Waals surface area (Å²) in [5.41, 5.74) is 0. The molecule has 6 nitrogen and oxygen atoms in total. The third-order valence-corrected chi connectivity index (χ3v) is 15.5. The van der Waals surface area contributed by atoms with Gasteiger partial charge in [0, 0.05) is 12.8 Å². The Bertz CT molecular complexity index is 1140. The SMILES string of the molecule is CCCCCCCCCCCCCCCCCCCCCC(=O)OCC/C=C\C/C=C\CCCCCCCCCCCCCCCCC(=O)NC(CO)C(O)CCCCCCCCCCCCCCCCCC. The molecule has 0 aromatic rings. The van der Waals surface area contributed by atoms with E-state index >= 15 is 0 Å². The summed E-state index contributed by atoms with van der Waals surface area (Å²) in [4.78, 5) is 24.6. The van der Waals surface area contributed by atoms with E-state index in [1.54, 1.807) is 0 Å². The van der Waals surface area contributed by atoms with Gasteiger partial charge in [0.2, 0.25) is 5.91 Å². The molecular formula is C67H129NO5. The maximum Gasteiger partial charge on any atom is 0.305 e. The lowest BCUT2D eigenvalue weighted by Crippen LogP contribution is -2.45. The standard InChI is InChI=1S/C67H129NO5/c1-3-5-7-9-11-13-15-17-19-21-25-29-33-37-41-45-49-53-57-61-67(72)73-62-58-54-50-46-42-38-34-30-27-24-22-23-26-28-32-36-40-44-48-52-56-60-66(71)68-64(63-69)65(70)59-55-51-47-43-39-35-31-20-18-16-14-12-10-8-6-4-2/h38,42,50,54,64-65,69-70H,3-37,39-41,43-49,51-53,55-63H2,1-2H3,(H,68,71)/b42-38-,54-50-. The first-order chi connectivity index (χ1) is 36.0. The first-order valence-corrected chi connectivity index (χ1v) is 33.1. The molecule has 3 N–H and O–H groups in total. The maximum atomic E-state index is 12.5. The zero-order valence-electron chi connectivity index (χ0n) is 49.4. The van der Waals surface area contributed by atoms with Crippen molar-refractivity contribution in [1.82, 2.24) is 5.32 Å². The zero-order chi connectivity index (χ0) is 52.9. The van der Waals surface area contributed by atoms with Crippen LogP contribution in [0.4, 0.5) is 0 Å². The number of ether oxygens (including phenoxy) is 1. The molecule has 0 saturated heterocycles. The summed E-state index contributed by atoms with van der Waals surface area (Å²) < 4.78 is 5.44. The van der Waals surface area contributed by atoms with Crippen LogP contribution in [0.3, 0.4) is 0 Å². The van der Waals surface area contributed by atoms with E-state index in [2.05, 4.69) is 43.5 Å². The number of amides is 1. The van der Waals surface area contributed by atoms with E-state index in [0.29, 0.717) is 25.9 Å². The van der Waals surface area contributed by atoms with E-state index < -0.39 is 12.1 Å². The van der Waals surface area contributed by atoms with E-state index in [0.717, 1.165) is 51.4 Å². The van der Waals surface area contributed by atoms with Crippen LogP contribution in [0.25, 0.3) is 0 Å². The van der Waals surface area contributed by atoms with Gasteiger partial charge in [-0.1, -0.05) is 334 Å². The minimum Gasteiger partial charge on any atom is -0.465 e. The van der Waals surface area contributed by atoms with E-state index in [-0.39, 0.29) is 18.5 Å². The number of allylic oxidation sites excluding steroid dienone is 3. The molecule has 2 atom stereocenters. The average molecular weight is 1030 g/mol. The molecule has 0 rings (SSSR count). The lowest BCUT2D eigenvalue weighted by Gasteiger charge is -2.22. The van der Waals surface area contributed by atoms with Crippen molar-refractivity contribution in [1.29, 1.82) is 0 Å². The summed E-state index contributed by atoms with van der Waals surface area (Å²) in [5, 5.41) is 23.3. The topological polar surface area (TPSA) is 95.9 Å². The predicted octanol–water partition coefficient (Wildman–Crippen LogP) is 21.0. The molecule has 0 aliphatic rings. The molecule has 0 radical (unpaired) electrons. The molecule has 0 fully saturated rings. The van der Waals surface area contributed by atoms with Crippen LogP contribution in [0.1, 0.15) is 367 Å². The van der Waals surface area contributed by atoms with Gasteiger partial charge in [-0.2, -0.15) is 0 Å². The summed E-state index contributed by atoms with van der Waals surface area (Å²) in [6.07, 6.45) is 77.9. The predicted molar refractivity (Wildman–Crippen MR) is 320 cm³/mol. The van der Waals surface area contributed by atoms with Crippen LogP contribution in [0.2, 0.25) is 0 Å². The number of esters is 1. The minimum absolute atomic E-state index is 0.0297. The van der Waals surface area contributed by atoms with E-state index in [1.165, 1.54) is 283 Å². The Morgan fingerprint density at radius 1 is 0.384 bits per heavy atom. The highest BCUT2D eigenvalue weighted by Gasteiger charge is 2.20. The largest absolute Gasteiger partial charge is 0.465 e. The van der Waals surface area contributed by atoms with Crippen molar-refractivity contribution in [3.63, 3.8) is 0 Å². The summed E-state index contributed by atoms with van der Waals surface area (Å²) >= 11 is 0. The van der Waals surface area contributed by atoms with Crippen LogP contribution >= 0.6 is 0 Å². The van der Waals surface area contributed by atoms with Gasteiger partial charge in [0.1, 0.15) is 0 Å². The number of hydrogen-bond acceptors (Lipinski definition) is 5. The van der Waals surface area contributed by atoms with Crippen molar-refractivity contribution in [2.24, 2.45) is 0 Å². The number of aliphatic hydroxyl groups is 2. The second-order valence-corrected chi connectivity index (χ2v) is 22.8. The van der Waals surface area contributed by atoms with E-state index in [9.17, 15) is 19.8 Å². The fraction of sp³-hybridized carbons (Fsp3) is 0.910. The summed E-state index contributed by atoms with van der Waals surface area (Å²) in [5.74, 6) is -0.0667. The lowest BCUT2D eigenvalue weighted by molar-refractivity contribution is -0.143. The van der Waals surface area contributed by atoms with Gasteiger partial charge in [-0.05, 0) is 44.9 Å². The molecule has 1 amide bonds. The highest BCUT2D eigenvalue weighted by Crippen LogP contribution is 2.18. The first-order valence-electron chi connectivity index (χ1n) is 33.1. The number of hydrogen-bond donors (Lipinski definition) is 3. The molecule has 2 unspecified atom stereocenters. The zero-order valence-corrected chi connectivity index (χ0v) is 49.4. The van der Waals surface area contributed by atoms with Crippen molar-refractivity contribution in [3.05, 3.63) is 24.3 Å². The average Bonchev–Trinajstić information content (AvgIpc) is 3.39. The molecule has 6 heteroatoms. The monoisotopic (exact) mass is 1030 g/mol. The Labute approximate surface area is 456 Å². The van der Waals surface area contributed by atoms with Gasteiger partial charge in [0.05, 0.1) is 25.4 Å². The van der Waals surface area contributed by atoms with Gasteiger partial charge in [-0.3, -0.25) is 9.59 Å². The number of carbonyl (C=O) groups excluding carboxylic acids is 2. The van der Waals surface area contributed by atoms with Crippen LogP contribution < -0.4 is 5.32 Å². The van der Waals surface area contributed by atoms with E-state index in [1.807, 2.05) is 0 Å². The van der Waals surface area contributed by atoms with Gasteiger partial charge in [0.15, 0.2) is 0 Å². The van der Waals surface area contributed by atoms with Crippen LogP contribution in [-0.2, 0) is 14.3 Å². The van der Waals surface area contributed by atoms with Gasteiger partial charge < -0.3 is 20.3 Å². The van der Waals surface area contributed by atoms with Crippen molar-refractivity contribution in [2.75, 3.05) is 13.2 Å². The minimum atomic E-state index is -0.668. The van der Waals surface area contributed by atoms with Crippen molar-refractivity contribution in [2.45, 2.75) is 379 Å². The Morgan fingerprint density at radius 2 is 0.685 bits per heavy atom. The van der Waals surface area contributed by atoms with E-state index in [4.69, 9.17) is 4.74 Å². The third kappa shape index (κ3) is 59.4.